The highest BCUT2D eigenvalue weighted by Crippen LogP contribution is 2.21. The van der Waals surface area contributed by atoms with Gasteiger partial charge in [0.1, 0.15) is 5.75 Å². The quantitative estimate of drug-likeness (QED) is 0.823. The lowest BCUT2D eigenvalue weighted by molar-refractivity contribution is 0.135. The summed E-state index contributed by atoms with van der Waals surface area (Å²) in [6, 6.07) is 5.97. The van der Waals surface area contributed by atoms with Gasteiger partial charge in [-0.2, -0.15) is 0 Å². The van der Waals surface area contributed by atoms with Crippen LogP contribution in [0.4, 0.5) is 5.69 Å². The third kappa shape index (κ3) is 4.11. The van der Waals surface area contributed by atoms with Gasteiger partial charge >= 0.3 is 0 Å². The first-order chi connectivity index (χ1) is 9.19. The number of ether oxygens (including phenoxy) is 1. The molecule has 1 aromatic carbocycles. The van der Waals surface area contributed by atoms with E-state index in [2.05, 4.69) is 10.2 Å². The summed E-state index contributed by atoms with van der Waals surface area (Å²) in [4.78, 5) is 2.33. The van der Waals surface area contributed by atoms with Crippen LogP contribution in [0.1, 0.15) is 18.4 Å². The minimum Gasteiger partial charge on any atom is -0.496 e. The maximum Gasteiger partial charge on any atom is 0.121 e. The van der Waals surface area contributed by atoms with E-state index in [0.29, 0.717) is 6.54 Å². The van der Waals surface area contributed by atoms with Crippen molar-refractivity contribution >= 4 is 5.69 Å². The number of β-amino-alcohol motifs (C(OH)–C–C–N with tert-alkyl or cyclic N) is 1. The van der Waals surface area contributed by atoms with Gasteiger partial charge in [0.15, 0.2) is 0 Å². The Kier molecular flexibility index (Phi) is 5.05. The highest BCUT2D eigenvalue weighted by Gasteiger charge is 2.15. The summed E-state index contributed by atoms with van der Waals surface area (Å²) in [7, 11) is 1.68. The molecule has 106 valence electrons. The van der Waals surface area contributed by atoms with Crippen molar-refractivity contribution < 1.29 is 9.84 Å². The summed E-state index contributed by atoms with van der Waals surface area (Å²) >= 11 is 0. The molecule has 0 aromatic heterocycles. The van der Waals surface area contributed by atoms with Gasteiger partial charge in [0.25, 0.3) is 0 Å². The van der Waals surface area contributed by atoms with Crippen molar-refractivity contribution in [1.82, 2.24) is 4.90 Å². The smallest absolute Gasteiger partial charge is 0.121 e. The monoisotopic (exact) mass is 264 g/mol. The number of aliphatic hydroxyl groups excluding tert-OH is 1. The van der Waals surface area contributed by atoms with Crippen LogP contribution < -0.4 is 10.1 Å². The van der Waals surface area contributed by atoms with Crippen molar-refractivity contribution in [3.05, 3.63) is 23.8 Å². The van der Waals surface area contributed by atoms with Gasteiger partial charge in [-0.25, -0.2) is 0 Å². The zero-order valence-corrected chi connectivity index (χ0v) is 11.9. The van der Waals surface area contributed by atoms with Crippen molar-refractivity contribution in [3.8, 4) is 5.75 Å². The minimum atomic E-state index is -0.319. The van der Waals surface area contributed by atoms with Gasteiger partial charge in [0.2, 0.25) is 0 Å². The van der Waals surface area contributed by atoms with Crippen LogP contribution in [0.3, 0.4) is 0 Å². The summed E-state index contributed by atoms with van der Waals surface area (Å²) in [5.41, 5.74) is 2.13. The molecule has 1 aromatic rings. The Morgan fingerprint density at radius 3 is 2.74 bits per heavy atom. The molecular weight excluding hydrogens is 240 g/mol. The van der Waals surface area contributed by atoms with Gasteiger partial charge in [-0.1, -0.05) is 0 Å². The average Bonchev–Trinajstić information content (AvgIpc) is 2.89. The average molecular weight is 264 g/mol. The van der Waals surface area contributed by atoms with Crippen molar-refractivity contribution in [2.75, 3.05) is 38.6 Å². The Bertz CT molecular complexity index is 403. The predicted octanol–water partition coefficient (Wildman–Crippen LogP) is 1.87. The highest BCUT2D eigenvalue weighted by molar-refractivity contribution is 5.50. The summed E-state index contributed by atoms with van der Waals surface area (Å²) < 4.78 is 5.23. The second-order valence-corrected chi connectivity index (χ2v) is 5.23. The maximum atomic E-state index is 10.0. The molecule has 4 nitrogen and oxygen atoms in total. The number of nitrogens with zero attached hydrogens (tertiary/aromatic N) is 1. The second kappa shape index (κ2) is 6.78. The summed E-state index contributed by atoms with van der Waals surface area (Å²) in [5, 5.41) is 13.3. The van der Waals surface area contributed by atoms with E-state index >= 15 is 0 Å². The molecule has 0 bridgehead atoms. The number of hydrogen-bond donors (Lipinski definition) is 2. The molecule has 0 spiro atoms. The van der Waals surface area contributed by atoms with Crippen LogP contribution in [-0.2, 0) is 0 Å². The third-order valence-electron chi connectivity index (χ3n) is 3.60. The van der Waals surface area contributed by atoms with Crippen LogP contribution in [-0.4, -0.2) is 49.4 Å². The van der Waals surface area contributed by atoms with Crippen LogP contribution in [0, 0.1) is 6.92 Å². The number of nitrogens with one attached hydrogen (secondary N) is 1. The van der Waals surface area contributed by atoms with Crippen LogP contribution in [0.15, 0.2) is 18.2 Å². The highest BCUT2D eigenvalue weighted by atomic mass is 16.5. The number of anilines is 1. The summed E-state index contributed by atoms with van der Waals surface area (Å²) in [6.07, 6.45) is 2.20. The van der Waals surface area contributed by atoms with E-state index in [1.807, 2.05) is 25.1 Å². The molecule has 1 heterocycles. The zero-order valence-electron chi connectivity index (χ0n) is 11.9. The molecular formula is C15H24N2O2. The van der Waals surface area contributed by atoms with E-state index in [0.717, 1.165) is 36.6 Å². The number of aliphatic hydroxyl groups is 1. The van der Waals surface area contributed by atoms with Gasteiger partial charge in [-0.05, 0) is 56.6 Å². The Morgan fingerprint density at radius 1 is 1.37 bits per heavy atom. The Morgan fingerprint density at radius 2 is 2.11 bits per heavy atom. The van der Waals surface area contributed by atoms with Crippen LogP contribution in [0.2, 0.25) is 0 Å². The van der Waals surface area contributed by atoms with E-state index in [-0.39, 0.29) is 6.10 Å². The van der Waals surface area contributed by atoms with E-state index < -0.39 is 0 Å². The van der Waals surface area contributed by atoms with Crippen molar-refractivity contribution in [2.45, 2.75) is 25.9 Å². The molecule has 1 aliphatic heterocycles. The Labute approximate surface area is 115 Å². The lowest BCUT2D eigenvalue weighted by atomic mass is 10.2. The van der Waals surface area contributed by atoms with Crippen molar-refractivity contribution in [2.24, 2.45) is 0 Å². The molecule has 1 atom stereocenters. The van der Waals surface area contributed by atoms with Crippen LogP contribution in [0.25, 0.3) is 0 Å². The second-order valence-electron chi connectivity index (χ2n) is 5.23. The standard InChI is InChI=1S/C15H24N2O2/c1-12-9-13(5-6-15(12)19-2)16-10-14(18)11-17-7-3-4-8-17/h5-6,9,14,16,18H,3-4,7-8,10-11H2,1-2H3. The Balaban J connectivity index is 1.79. The fourth-order valence-corrected chi connectivity index (χ4v) is 2.55. The van der Waals surface area contributed by atoms with Crippen LogP contribution >= 0.6 is 0 Å². The van der Waals surface area contributed by atoms with E-state index in [1.54, 1.807) is 7.11 Å². The van der Waals surface area contributed by atoms with Gasteiger partial charge in [-0.15, -0.1) is 0 Å². The molecule has 19 heavy (non-hydrogen) atoms. The van der Waals surface area contributed by atoms with E-state index in [9.17, 15) is 5.11 Å². The summed E-state index contributed by atoms with van der Waals surface area (Å²) in [5.74, 6) is 0.892. The molecule has 1 fully saturated rings. The van der Waals surface area contributed by atoms with Crippen molar-refractivity contribution in [1.29, 1.82) is 0 Å². The summed E-state index contributed by atoms with van der Waals surface area (Å²) in [6.45, 7) is 5.62. The molecule has 0 radical (unpaired) electrons. The van der Waals surface area contributed by atoms with E-state index in [4.69, 9.17) is 4.74 Å². The molecule has 0 saturated carbocycles. The number of likely N-dealkylation sites (tertiary alicyclic amines) is 1. The fourth-order valence-electron chi connectivity index (χ4n) is 2.55. The SMILES string of the molecule is COc1ccc(NCC(O)CN2CCCC2)cc1C. The molecule has 4 heteroatoms. The largest absolute Gasteiger partial charge is 0.496 e. The van der Waals surface area contributed by atoms with Gasteiger partial charge in [0, 0.05) is 18.8 Å². The van der Waals surface area contributed by atoms with Gasteiger partial charge in [-0.3, -0.25) is 0 Å². The molecule has 1 aliphatic rings. The van der Waals surface area contributed by atoms with E-state index in [1.165, 1.54) is 12.8 Å². The zero-order chi connectivity index (χ0) is 13.7. The van der Waals surface area contributed by atoms with Gasteiger partial charge < -0.3 is 20.1 Å². The first kappa shape index (κ1) is 14.2. The number of aryl methyl sites for hydroxylation is 1. The fraction of sp³-hybridized carbons (Fsp3) is 0.600. The van der Waals surface area contributed by atoms with Crippen molar-refractivity contribution in [3.63, 3.8) is 0 Å². The normalized spacial score (nSPS) is 17.4. The Hall–Kier alpha value is -1.26. The first-order valence-electron chi connectivity index (χ1n) is 6.98. The van der Waals surface area contributed by atoms with Gasteiger partial charge in [0.05, 0.1) is 13.2 Å². The maximum absolute atomic E-state index is 10.0. The lowest BCUT2D eigenvalue weighted by Gasteiger charge is -2.20. The molecule has 1 unspecified atom stereocenters. The molecule has 0 amide bonds. The topological polar surface area (TPSA) is 44.7 Å². The molecule has 2 rings (SSSR count). The third-order valence-corrected chi connectivity index (χ3v) is 3.60. The lowest BCUT2D eigenvalue weighted by Crippen LogP contribution is -2.34. The number of benzene rings is 1. The minimum absolute atomic E-state index is 0.319. The first-order valence-corrected chi connectivity index (χ1v) is 6.98. The number of rotatable bonds is 6. The molecule has 2 N–H and O–H groups in total. The number of hydrogen-bond acceptors (Lipinski definition) is 4. The van der Waals surface area contributed by atoms with Crippen LogP contribution in [0.5, 0.6) is 5.75 Å². The molecule has 0 aliphatic carbocycles. The predicted molar refractivity (Wildman–Crippen MR) is 77.9 cm³/mol. The molecule has 1 saturated heterocycles. The number of methoxy groups -OCH3 is 1.